The Morgan fingerprint density at radius 3 is 2.04 bits per heavy atom. The molecular formula is C25H18O. The third-order valence-corrected chi connectivity index (χ3v) is 4.48. The first-order valence-corrected chi connectivity index (χ1v) is 8.66. The normalized spacial score (nSPS) is 11.1. The second kappa shape index (κ2) is 7.20. The molecule has 0 aliphatic rings. The van der Waals surface area contributed by atoms with Crippen molar-refractivity contribution in [3.8, 4) is 11.1 Å². The molecule has 0 N–H and O–H groups in total. The van der Waals surface area contributed by atoms with E-state index in [4.69, 9.17) is 0 Å². The van der Waals surface area contributed by atoms with Gasteiger partial charge in [0, 0.05) is 5.56 Å². The highest BCUT2D eigenvalue weighted by molar-refractivity contribution is 6.08. The Morgan fingerprint density at radius 2 is 1.27 bits per heavy atom. The van der Waals surface area contributed by atoms with Crippen molar-refractivity contribution < 1.29 is 4.79 Å². The molecule has 0 radical (unpaired) electrons. The van der Waals surface area contributed by atoms with E-state index in [0.29, 0.717) is 5.56 Å². The first-order valence-electron chi connectivity index (χ1n) is 8.66. The number of hydrogen-bond donors (Lipinski definition) is 0. The van der Waals surface area contributed by atoms with Crippen LogP contribution in [0.5, 0.6) is 0 Å². The summed E-state index contributed by atoms with van der Waals surface area (Å²) in [7, 11) is 0. The van der Waals surface area contributed by atoms with Crippen molar-refractivity contribution in [3.05, 3.63) is 114 Å². The smallest absolute Gasteiger partial charge is 0.185 e. The van der Waals surface area contributed by atoms with Crippen LogP contribution in [0, 0.1) is 0 Å². The molecule has 0 aromatic heterocycles. The molecule has 124 valence electrons. The molecule has 0 fully saturated rings. The van der Waals surface area contributed by atoms with Crippen LogP contribution in [0.2, 0.25) is 0 Å². The molecular weight excluding hydrogens is 316 g/mol. The Hall–Kier alpha value is -3.45. The number of hydrogen-bond acceptors (Lipinski definition) is 1. The van der Waals surface area contributed by atoms with E-state index >= 15 is 0 Å². The van der Waals surface area contributed by atoms with E-state index in [1.54, 1.807) is 6.08 Å². The topological polar surface area (TPSA) is 17.1 Å². The molecule has 0 bridgehead atoms. The second-order valence-corrected chi connectivity index (χ2v) is 6.25. The second-order valence-electron chi connectivity index (χ2n) is 6.25. The maximum absolute atomic E-state index is 12.5. The number of allylic oxidation sites excluding steroid dienone is 1. The van der Waals surface area contributed by atoms with Crippen molar-refractivity contribution in [2.24, 2.45) is 0 Å². The van der Waals surface area contributed by atoms with Gasteiger partial charge in [0.25, 0.3) is 0 Å². The van der Waals surface area contributed by atoms with Crippen LogP contribution >= 0.6 is 0 Å². The van der Waals surface area contributed by atoms with Gasteiger partial charge in [-0.15, -0.1) is 0 Å². The van der Waals surface area contributed by atoms with Gasteiger partial charge >= 0.3 is 0 Å². The fourth-order valence-electron chi connectivity index (χ4n) is 3.03. The Labute approximate surface area is 153 Å². The molecule has 4 aromatic carbocycles. The summed E-state index contributed by atoms with van der Waals surface area (Å²) >= 11 is 0. The average Bonchev–Trinajstić information content (AvgIpc) is 2.72. The SMILES string of the molecule is O=C(C=Cc1ccc(-c2ccccc2)cc1)c1ccc2ccccc2c1. The van der Waals surface area contributed by atoms with Crippen LogP contribution in [0.1, 0.15) is 15.9 Å². The minimum atomic E-state index is 0.0166. The van der Waals surface area contributed by atoms with E-state index in [1.807, 2.05) is 78.9 Å². The van der Waals surface area contributed by atoms with Gasteiger partial charge in [0.2, 0.25) is 0 Å². The highest BCUT2D eigenvalue weighted by atomic mass is 16.1. The van der Waals surface area contributed by atoms with Gasteiger partial charge in [0.1, 0.15) is 0 Å². The molecule has 0 amide bonds. The summed E-state index contributed by atoms with van der Waals surface area (Å²) < 4.78 is 0. The van der Waals surface area contributed by atoms with Gasteiger partial charge < -0.3 is 0 Å². The van der Waals surface area contributed by atoms with Gasteiger partial charge in [-0.1, -0.05) is 97.1 Å². The lowest BCUT2D eigenvalue weighted by atomic mass is 10.0. The molecule has 0 saturated carbocycles. The zero-order chi connectivity index (χ0) is 17.8. The molecule has 0 aliphatic heterocycles. The highest BCUT2D eigenvalue weighted by Gasteiger charge is 2.03. The third-order valence-electron chi connectivity index (χ3n) is 4.48. The van der Waals surface area contributed by atoms with Gasteiger partial charge in [-0.25, -0.2) is 0 Å². The van der Waals surface area contributed by atoms with Gasteiger partial charge in [-0.05, 0) is 39.6 Å². The van der Waals surface area contributed by atoms with Crippen LogP contribution in [0.15, 0.2) is 103 Å². The summed E-state index contributed by atoms with van der Waals surface area (Å²) in [6.45, 7) is 0. The average molecular weight is 334 g/mol. The summed E-state index contributed by atoms with van der Waals surface area (Å²) in [6.07, 6.45) is 3.51. The first kappa shape index (κ1) is 16.0. The third kappa shape index (κ3) is 3.47. The van der Waals surface area contributed by atoms with E-state index in [-0.39, 0.29) is 5.78 Å². The van der Waals surface area contributed by atoms with Gasteiger partial charge in [-0.2, -0.15) is 0 Å². The Bertz CT molecular complexity index is 1070. The van der Waals surface area contributed by atoms with Crippen molar-refractivity contribution in [2.45, 2.75) is 0 Å². The zero-order valence-corrected chi connectivity index (χ0v) is 14.3. The molecule has 1 nitrogen and oxygen atoms in total. The molecule has 0 saturated heterocycles. The van der Waals surface area contributed by atoms with Crippen LogP contribution in [0.3, 0.4) is 0 Å². The van der Waals surface area contributed by atoms with Crippen molar-refractivity contribution in [1.82, 2.24) is 0 Å². The number of carbonyl (C=O) groups excluding carboxylic acids is 1. The van der Waals surface area contributed by atoms with Crippen LogP contribution in [-0.4, -0.2) is 5.78 Å². The Morgan fingerprint density at radius 1 is 0.615 bits per heavy atom. The number of ketones is 1. The van der Waals surface area contributed by atoms with Gasteiger partial charge in [0.15, 0.2) is 5.78 Å². The van der Waals surface area contributed by atoms with E-state index < -0.39 is 0 Å². The Kier molecular flexibility index (Phi) is 4.44. The zero-order valence-electron chi connectivity index (χ0n) is 14.3. The maximum Gasteiger partial charge on any atom is 0.185 e. The summed E-state index contributed by atoms with van der Waals surface area (Å²) in [5.74, 6) is 0.0166. The van der Waals surface area contributed by atoms with E-state index in [1.165, 1.54) is 11.1 Å². The molecule has 0 heterocycles. The number of fused-ring (bicyclic) bond motifs is 1. The predicted molar refractivity (Wildman–Crippen MR) is 109 cm³/mol. The van der Waals surface area contributed by atoms with Crippen molar-refractivity contribution in [1.29, 1.82) is 0 Å². The lowest BCUT2D eigenvalue weighted by molar-refractivity contribution is 0.104. The molecule has 0 unspecified atom stereocenters. The number of carbonyl (C=O) groups is 1. The van der Waals surface area contributed by atoms with Crippen molar-refractivity contribution in [3.63, 3.8) is 0 Å². The molecule has 4 aromatic rings. The molecule has 1 heteroatoms. The quantitative estimate of drug-likeness (QED) is 0.311. The molecule has 0 aliphatic carbocycles. The Balaban J connectivity index is 1.52. The molecule has 4 rings (SSSR count). The fourth-order valence-corrected chi connectivity index (χ4v) is 3.03. The maximum atomic E-state index is 12.5. The van der Waals surface area contributed by atoms with Crippen LogP contribution in [-0.2, 0) is 0 Å². The van der Waals surface area contributed by atoms with Crippen LogP contribution in [0.25, 0.3) is 28.0 Å². The lowest BCUT2D eigenvalue weighted by Crippen LogP contribution is -1.93. The number of benzene rings is 4. The monoisotopic (exact) mass is 334 g/mol. The summed E-state index contributed by atoms with van der Waals surface area (Å²) in [6, 6.07) is 32.4. The predicted octanol–water partition coefficient (Wildman–Crippen LogP) is 6.40. The molecule has 26 heavy (non-hydrogen) atoms. The van der Waals surface area contributed by atoms with Crippen LogP contribution < -0.4 is 0 Å². The van der Waals surface area contributed by atoms with Crippen molar-refractivity contribution >= 4 is 22.6 Å². The molecule has 0 spiro atoms. The minimum absolute atomic E-state index is 0.0166. The van der Waals surface area contributed by atoms with Gasteiger partial charge in [0.05, 0.1) is 0 Å². The summed E-state index contributed by atoms with van der Waals surface area (Å²) in [5.41, 5.74) is 4.08. The fraction of sp³-hybridized carbons (Fsp3) is 0. The first-order chi connectivity index (χ1) is 12.8. The highest BCUT2D eigenvalue weighted by Crippen LogP contribution is 2.20. The van der Waals surface area contributed by atoms with Crippen molar-refractivity contribution in [2.75, 3.05) is 0 Å². The van der Waals surface area contributed by atoms with E-state index in [9.17, 15) is 4.79 Å². The van der Waals surface area contributed by atoms with E-state index in [0.717, 1.165) is 16.3 Å². The van der Waals surface area contributed by atoms with E-state index in [2.05, 4.69) is 24.3 Å². The summed E-state index contributed by atoms with van der Waals surface area (Å²) in [5, 5.41) is 2.23. The largest absolute Gasteiger partial charge is 0.289 e. The van der Waals surface area contributed by atoms with Crippen LogP contribution in [0.4, 0.5) is 0 Å². The minimum Gasteiger partial charge on any atom is -0.289 e. The summed E-state index contributed by atoms with van der Waals surface area (Å²) in [4.78, 5) is 12.5. The lowest BCUT2D eigenvalue weighted by Gasteiger charge is -2.02. The number of rotatable bonds is 4. The standard InChI is InChI=1S/C25H18O/c26-25(24-16-15-21-8-4-5-9-23(21)18-24)17-12-19-10-13-22(14-11-19)20-6-2-1-3-7-20/h1-18H. The molecule has 0 atom stereocenters. The van der Waals surface area contributed by atoms with Gasteiger partial charge in [-0.3, -0.25) is 4.79 Å².